The molecule has 0 amide bonds. The van der Waals surface area contributed by atoms with Gasteiger partial charge >= 0.3 is 6.16 Å². The van der Waals surface area contributed by atoms with Crippen LogP contribution in [-0.4, -0.2) is 44.7 Å². The van der Waals surface area contributed by atoms with Gasteiger partial charge in [0.05, 0.1) is 25.1 Å². The number of sulfonamides is 1. The van der Waals surface area contributed by atoms with Crippen molar-refractivity contribution in [2.24, 2.45) is 0 Å². The van der Waals surface area contributed by atoms with Crippen LogP contribution in [0.15, 0.2) is 29.2 Å². The summed E-state index contributed by atoms with van der Waals surface area (Å²) in [7, 11) is -2.58. The Labute approximate surface area is 149 Å². The minimum absolute atomic E-state index is 0.122. The minimum Gasteiger partial charge on any atom is -0.438 e. The van der Waals surface area contributed by atoms with Crippen molar-refractivity contribution in [1.29, 1.82) is 0 Å². The smallest absolute Gasteiger partial charge is 0.438 e. The molecule has 0 fully saturated rings. The molecule has 0 atom stereocenters. The van der Waals surface area contributed by atoms with E-state index in [1.807, 2.05) is 6.92 Å². The van der Waals surface area contributed by atoms with E-state index in [4.69, 9.17) is 11.2 Å². The molecule has 0 spiro atoms. The van der Waals surface area contributed by atoms with Crippen molar-refractivity contribution in [3.05, 3.63) is 29.8 Å². The maximum absolute atomic E-state index is 12.7. The molecule has 0 aliphatic heterocycles. The number of methoxy groups -OCH3 is 1. The highest BCUT2D eigenvalue weighted by atomic mass is 32.2. The van der Waals surface area contributed by atoms with Gasteiger partial charge in [-0.3, -0.25) is 0 Å². The Kier molecular flexibility index (Phi) is 7.05. The summed E-state index contributed by atoms with van der Waals surface area (Å²) in [5.41, 5.74) is -0.174. The largest absolute Gasteiger partial charge is 0.509 e. The zero-order chi connectivity index (χ0) is 19.1. The fourth-order valence-electron chi connectivity index (χ4n) is 1.80. The summed E-state index contributed by atoms with van der Waals surface area (Å²) in [4.78, 5) is 11.3. The lowest BCUT2D eigenvalue weighted by Crippen LogP contribution is -2.32. The van der Waals surface area contributed by atoms with Gasteiger partial charge in [0.25, 0.3) is 0 Å². The molecule has 134 valence electrons. The van der Waals surface area contributed by atoms with Crippen LogP contribution in [0.1, 0.15) is 19.4 Å². The van der Waals surface area contributed by atoms with Crippen LogP contribution < -0.4 is 0 Å². The number of rotatable bonds is 5. The average Bonchev–Trinajstić information content (AvgIpc) is 2.53. The number of hydrogen-bond donors (Lipinski definition) is 0. The molecule has 0 unspecified atom stereocenters. The lowest BCUT2D eigenvalue weighted by molar-refractivity contribution is 0.0221. The Hall–Kier alpha value is -2.48. The zero-order valence-corrected chi connectivity index (χ0v) is 15.5. The highest BCUT2D eigenvalue weighted by Crippen LogP contribution is 2.16. The minimum atomic E-state index is -3.77. The number of carbonyl (C=O) groups excluding carboxylic acids is 1. The van der Waals surface area contributed by atoms with Gasteiger partial charge in [0.2, 0.25) is 10.0 Å². The van der Waals surface area contributed by atoms with Crippen molar-refractivity contribution in [2.45, 2.75) is 31.3 Å². The summed E-state index contributed by atoms with van der Waals surface area (Å²) in [6.07, 6.45) is 4.41. The summed E-state index contributed by atoms with van der Waals surface area (Å²) in [5, 5.41) is 0. The standard InChI is InChI=1S/C18H21NO5S/c1-6-13-19(14-7-12-18(3,4)24-17(20)23-5)25(21,22)16-10-8-15(2)9-11-16/h1,8-11H,13-14H2,2-5H3. The van der Waals surface area contributed by atoms with Crippen LogP contribution in [0.4, 0.5) is 4.79 Å². The summed E-state index contributed by atoms with van der Waals surface area (Å²) in [5.74, 6) is 7.71. The number of carbonyl (C=O) groups is 1. The molecule has 0 radical (unpaired) electrons. The van der Waals surface area contributed by atoms with E-state index >= 15 is 0 Å². The Morgan fingerprint density at radius 3 is 2.36 bits per heavy atom. The second-order valence-electron chi connectivity index (χ2n) is 5.66. The molecule has 0 saturated heterocycles. The molecule has 1 rings (SSSR count). The summed E-state index contributed by atoms with van der Waals surface area (Å²) < 4.78 is 35.8. The predicted octanol–water partition coefficient (Wildman–Crippen LogP) is 2.18. The number of terminal acetylenes is 1. The third kappa shape index (κ3) is 6.15. The summed E-state index contributed by atoms with van der Waals surface area (Å²) >= 11 is 0. The van der Waals surface area contributed by atoms with E-state index < -0.39 is 21.8 Å². The van der Waals surface area contributed by atoms with Crippen LogP contribution in [-0.2, 0) is 19.5 Å². The molecule has 0 aliphatic rings. The number of nitrogens with zero attached hydrogens (tertiary/aromatic N) is 1. The predicted molar refractivity (Wildman–Crippen MR) is 94.1 cm³/mol. The van der Waals surface area contributed by atoms with E-state index in [-0.39, 0.29) is 18.0 Å². The first-order valence-electron chi connectivity index (χ1n) is 7.39. The van der Waals surface area contributed by atoms with Gasteiger partial charge in [-0.2, -0.15) is 4.31 Å². The molecule has 1 aromatic rings. The first kappa shape index (κ1) is 20.6. The summed E-state index contributed by atoms with van der Waals surface area (Å²) in [6, 6.07) is 6.46. The van der Waals surface area contributed by atoms with Gasteiger partial charge in [0, 0.05) is 0 Å². The summed E-state index contributed by atoms with van der Waals surface area (Å²) in [6.45, 7) is 4.75. The molecule has 7 heteroatoms. The Morgan fingerprint density at radius 2 is 1.84 bits per heavy atom. The zero-order valence-electron chi connectivity index (χ0n) is 14.7. The lowest BCUT2D eigenvalue weighted by Gasteiger charge is -2.19. The van der Waals surface area contributed by atoms with Crippen molar-refractivity contribution in [3.8, 4) is 24.2 Å². The van der Waals surface area contributed by atoms with Gasteiger partial charge in [-0.05, 0) is 32.9 Å². The SMILES string of the molecule is C#CCN(CC#CC(C)(C)OC(=O)OC)S(=O)(=O)c1ccc(C)cc1. The van der Waals surface area contributed by atoms with Gasteiger partial charge in [-0.1, -0.05) is 35.5 Å². The molecule has 0 aliphatic carbocycles. The molecule has 1 aromatic carbocycles. The average molecular weight is 363 g/mol. The molecule has 25 heavy (non-hydrogen) atoms. The van der Waals surface area contributed by atoms with Crippen LogP contribution >= 0.6 is 0 Å². The van der Waals surface area contributed by atoms with Gasteiger partial charge in [-0.25, -0.2) is 13.2 Å². The molecular formula is C18H21NO5S. The molecule has 0 saturated carbocycles. The highest BCUT2D eigenvalue weighted by Gasteiger charge is 2.24. The molecular weight excluding hydrogens is 342 g/mol. The van der Waals surface area contributed by atoms with Crippen molar-refractivity contribution >= 4 is 16.2 Å². The second kappa shape index (κ2) is 8.57. The van der Waals surface area contributed by atoms with E-state index in [1.165, 1.54) is 19.2 Å². The van der Waals surface area contributed by atoms with Crippen LogP contribution in [0.2, 0.25) is 0 Å². The monoisotopic (exact) mass is 363 g/mol. The topological polar surface area (TPSA) is 72.9 Å². The van der Waals surface area contributed by atoms with Gasteiger partial charge in [-0.15, -0.1) is 6.42 Å². The fraction of sp³-hybridized carbons (Fsp3) is 0.389. The van der Waals surface area contributed by atoms with E-state index in [2.05, 4.69) is 22.5 Å². The van der Waals surface area contributed by atoms with Crippen LogP contribution in [0, 0.1) is 31.1 Å². The number of ether oxygens (including phenoxy) is 2. The van der Waals surface area contributed by atoms with E-state index in [0.29, 0.717) is 0 Å². The van der Waals surface area contributed by atoms with Crippen molar-refractivity contribution in [3.63, 3.8) is 0 Å². The maximum atomic E-state index is 12.7. The maximum Gasteiger partial charge on any atom is 0.509 e. The fourth-order valence-corrected chi connectivity index (χ4v) is 3.06. The highest BCUT2D eigenvalue weighted by molar-refractivity contribution is 7.89. The third-order valence-corrected chi connectivity index (χ3v) is 4.88. The molecule has 0 bridgehead atoms. The number of benzene rings is 1. The Morgan fingerprint density at radius 1 is 1.24 bits per heavy atom. The molecule has 6 nitrogen and oxygen atoms in total. The quantitative estimate of drug-likeness (QED) is 0.592. The van der Waals surface area contributed by atoms with Crippen molar-refractivity contribution < 1.29 is 22.7 Å². The van der Waals surface area contributed by atoms with Gasteiger partial charge < -0.3 is 9.47 Å². The Balaban J connectivity index is 2.99. The normalized spacial score (nSPS) is 11.2. The first-order chi connectivity index (χ1) is 11.6. The number of hydrogen-bond acceptors (Lipinski definition) is 5. The first-order valence-corrected chi connectivity index (χ1v) is 8.83. The molecule has 0 N–H and O–H groups in total. The number of aryl methyl sites for hydroxylation is 1. The van der Waals surface area contributed by atoms with E-state index in [1.54, 1.807) is 26.0 Å². The Bertz CT molecular complexity index is 808. The van der Waals surface area contributed by atoms with Crippen LogP contribution in [0.3, 0.4) is 0 Å². The van der Waals surface area contributed by atoms with Crippen LogP contribution in [0.5, 0.6) is 0 Å². The molecule has 0 heterocycles. The van der Waals surface area contributed by atoms with Gasteiger partial charge in [0.1, 0.15) is 0 Å². The van der Waals surface area contributed by atoms with Crippen LogP contribution in [0.25, 0.3) is 0 Å². The second-order valence-corrected chi connectivity index (χ2v) is 7.60. The molecule has 0 aromatic heterocycles. The van der Waals surface area contributed by atoms with E-state index in [0.717, 1.165) is 9.87 Å². The third-order valence-electron chi connectivity index (χ3n) is 3.08. The lowest BCUT2D eigenvalue weighted by atomic mass is 10.1. The van der Waals surface area contributed by atoms with Crippen molar-refractivity contribution in [2.75, 3.05) is 20.2 Å². The van der Waals surface area contributed by atoms with E-state index in [9.17, 15) is 13.2 Å². The van der Waals surface area contributed by atoms with Crippen molar-refractivity contribution in [1.82, 2.24) is 4.31 Å². The van der Waals surface area contributed by atoms with Gasteiger partial charge in [0.15, 0.2) is 5.60 Å².